The standard InChI is InChI=1S/C35H46F2N6O3/c1-20(2)31(40-35(45)46-5)34(44)43-13-7-9-30(43)33-38-27-11-10-23(15-28(27)39-33)29-8-6-12-42(29)24-16-25(36)32(26(37)17-24)41-18-21(3)14-22(4)19-41/h10-11,15-17,20-22,29-31H,6-9,12-14,18-19H2,1-5H3,(H,38,39)(H,40,45)/t21?,22?,29-,30+,31?/m1/s1. The van der Waals surface area contributed by atoms with Crippen LogP contribution in [0.3, 0.4) is 0 Å². The summed E-state index contributed by atoms with van der Waals surface area (Å²) < 4.78 is 35.9. The average molecular weight is 637 g/mol. The van der Waals surface area contributed by atoms with Crippen molar-refractivity contribution in [2.75, 3.05) is 43.1 Å². The molecule has 3 aromatic rings. The molecule has 0 bridgehead atoms. The number of piperidine rings is 1. The second-order valence-electron chi connectivity index (χ2n) is 13.9. The number of aromatic nitrogens is 2. The molecule has 0 radical (unpaired) electrons. The van der Waals surface area contributed by atoms with E-state index in [1.807, 2.05) is 30.9 Å². The Morgan fingerprint density at radius 2 is 1.67 bits per heavy atom. The molecule has 1 aromatic heterocycles. The molecule has 3 saturated heterocycles. The van der Waals surface area contributed by atoms with E-state index in [0.29, 0.717) is 49.5 Å². The molecular formula is C35H46F2N6O3. The topological polar surface area (TPSA) is 93.8 Å². The molecule has 3 aliphatic heterocycles. The Morgan fingerprint density at radius 3 is 2.35 bits per heavy atom. The Morgan fingerprint density at radius 1 is 1.00 bits per heavy atom. The number of hydrogen-bond acceptors (Lipinski definition) is 6. The molecule has 0 aliphatic carbocycles. The van der Waals surface area contributed by atoms with Crippen LogP contribution in [0.5, 0.6) is 0 Å². The number of nitrogens with zero attached hydrogens (tertiary/aromatic N) is 4. The zero-order chi connectivity index (χ0) is 32.7. The van der Waals surface area contributed by atoms with E-state index in [1.54, 1.807) is 4.90 Å². The summed E-state index contributed by atoms with van der Waals surface area (Å²) in [4.78, 5) is 39.6. The van der Waals surface area contributed by atoms with Crippen LogP contribution >= 0.6 is 0 Å². The van der Waals surface area contributed by atoms with Crippen molar-refractivity contribution in [3.8, 4) is 0 Å². The van der Waals surface area contributed by atoms with E-state index in [0.717, 1.165) is 48.7 Å². The van der Waals surface area contributed by atoms with E-state index in [2.05, 4.69) is 35.1 Å². The van der Waals surface area contributed by atoms with Crippen LogP contribution in [0.1, 0.15) is 83.3 Å². The minimum atomic E-state index is -0.701. The van der Waals surface area contributed by atoms with E-state index >= 15 is 8.78 Å². The lowest BCUT2D eigenvalue weighted by Crippen LogP contribution is -2.51. The molecule has 11 heteroatoms. The fraction of sp³-hybridized carbons (Fsp3) is 0.571. The fourth-order valence-corrected chi connectivity index (χ4v) is 7.89. The van der Waals surface area contributed by atoms with E-state index < -0.39 is 23.8 Å². The molecule has 5 atom stereocenters. The summed E-state index contributed by atoms with van der Waals surface area (Å²) >= 11 is 0. The van der Waals surface area contributed by atoms with Crippen molar-refractivity contribution in [1.82, 2.24) is 20.2 Å². The number of nitrogens with one attached hydrogen (secondary N) is 2. The molecule has 6 rings (SSSR count). The SMILES string of the molecule is COC(=O)NC(C(=O)N1CCC[C@H]1c1nc2ccc([C@H]3CCCN3c3cc(F)c(N4CC(C)CC(C)C4)c(F)c3)cc2[nH]1)C(C)C. The number of benzene rings is 2. The number of rotatable bonds is 7. The number of likely N-dealkylation sites (tertiary alicyclic amines) is 1. The number of carbonyl (C=O) groups excluding carboxylic acids is 2. The van der Waals surface area contributed by atoms with Crippen LogP contribution < -0.4 is 15.1 Å². The van der Waals surface area contributed by atoms with Crippen molar-refractivity contribution in [1.29, 1.82) is 0 Å². The first-order valence-electron chi connectivity index (χ1n) is 16.7. The lowest BCUT2D eigenvalue weighted by Gasteiger charge is -2.37. The number of amides is 2. The average Bonchev–Trinajstić information content (AvgIpc) is 3.77. The summed E-state index contributed by atoms with van der Waals surface area (Å²) in [6, 6.07) is 8.12. The second kappa shape index (κ2) is 13.1. The molecule has 46 heavy (non-hydrogen) atoms. The maximum atomic E-state index is 15.6. The molecule has 248 valence electrons. The molecule has 9 nitrogen and oxygen atoms in total. The Kier molecular flexibility index (Phi) is 9.12. The van der Waals surface area contributed by atoms with Crippen molar-refractivity contribution < 1.29 is 23.1 Å². The van der Waals surface area contributed by atoms with Gasteiger partial charge in [-0.1, -0.05) is 33.8 Å². The number of methoxy groups -OCH3 is 1. The van der Waals surface area contributed by atoms with Crippen molar-refractivity contribution in [2.24, 2.45) is 17.8 Å². The maximum absolute atomic E-state index is 15.6. The van der Waals surface area contributed by atoms with Crippen LogP contribution in [0, 0.1) is 29.4 Å². The fourth-order valence-electron chi connectivity index (χ4n) is 7.89. The number of imidazole rings is 1. The first-order chi connectivity index (χ1) is 22.0. The number of carbonyl (C=O) groups is 2. The van der Waals surface area contributed by atoms with E-state index in [9.17, 15) is 9.59 Å². The lowest BCUT2D eigenvalue weighted by atomic mass is 9.91. The van der Waals surface area contributed by atoms with Gasteiger partial charge in [0.2, 0.25) is 5.91 Å². The number of ether oxygens (including phenoxy) is 1. The van der Waals surface area contributed by atoms with Gasteiger partial charge >= 0.3 is 6.09 Å². The van der Waals surface area contributed by atoms with Crippen LogP contribution in [0.2, 0.25) is 0 Å². The van der Waals surface area contributed by atoms with Crippen LogP contribution in [0.25, 0.3) is 11.0 Å². The summed E-state index contributed by atoms with van der Waals surface area (Å²) in [6.45, 7) is 10.7. The van der Waals surface area contributed by atoms with Crippen molar-refractivity contribution in [2.45, 2.75) is 77.9 Å². The first kappa shape index (κ1) is 32.1. The molecule has 3 aliphatic rings. The van der Waals surface area contributed by atoms with Crippen LogP contribution in [-0.4, -0.2) is 66.2 Å². The molecule has 2 N–H and O–H groups in total. The third kappa shape index (κ3) is 6.25. The number of anilines is 2. The van der Waals surface area contributed by atoms with Gasteiger partial charge in [-0.2, -0.15) is 0 Å². The highest BCUT2D eigenvalue weighted by Crippen LogP contribution is 2.40. The van der Waals surface area contributed by atoms with Gasteiger partial charge < -0.3 is 29.7 Å². The van der Waals surface area contributed by atoms with E-state index in [4.69, 9.17) is 9.72 Å². The van der Waals surface area contributed by atoms with Crippen LogP contribution in [0.4, 0.5) is 25.0 Å². The van der Waals surface area contributed by atoms with E-state index in [-0.39, 0.29) is 29.6 Å². The predicted molar refractivity (Wildman–Crippen MR) is 175 cm³/mol. The highest BCUT2D eigenvalue weighted by Gasteiger charge is 2.38. The van der Waals surface area contributed by atoms with Gasteiger partial charge in [0.05, 0.1) is 30.2 Å². The van der Waals surface area contributed by atoms with Gasteiger partial charge in [0, 0.05) is 31.9 Å². The van der Waals surface area contributed by atoms with Gasteiger partial charge in [-0.05, 0) is 79.7 Å². The second-order valence-corrected chi connectivity index (χ2v) is 13.9. The largest absolute Gasteiger partial charge is 0.453 e. The molecule has 0 saturated carbocycles. The molecule has 4 heterocycles. The van der Waals surface area contributed by atoms with Crippen LogP contribution in [0.15, 0.2) is 30.3 Å². The maximum Gasteiger partial charge on any atom is 0.407 e. The molecule has 2 amide bonds. The minimum Gasteiger partial charge on any atom is -0.453 e. The summed E-state index contributed by atoms with van der Waals surface area (Å²) in [5, 5.41) is 2.69. The van der Waals surface area contributed by atoms with E-state index in [1.165, 1.54) is 19.2 Å². The number of alkyl carbamates (subject to hydrolysis) is 1. The molecule has 0 spiro atoms. The monoisotopic (exact) mass is 636 g/mol. The number of fused-ring (bicyclic) bond motifs is 1. The summed E-state index contributed by atoms with van der Waals surface area (Å²) in [7, 11) is 1.28. The zero-order valence-electron chi connectivity index (χ0n) is 27.5. The Balaban J connectivity index is 1.23. The minimum absolute atomic E-state index is 0.0309. The Labute approximate surface area is 269 Å². The molecular weight excluding hydrogens is 590 g/mol. The number of halogens is 2. The number of hydrogen-bond donors (Lipinski definition) is 2. The van der Waals surface area contributed by atoms with Gasteiger partial charge in [0.15, 0.2) is 11.6 Å². The Hall–Kier alpha value is -3.89. The number of H-pyrrole nitrogens is 1. The normalized spacial score (nSPS) is 24.2. The summed E-state index contributed by atoms with van der Waals surface area (Å²) in [5.74, 6) is 0.210. The van der Waals surface area contributed by atoms with Gasteiger partial charge in [0.25, 0.3) is 0 Å². The van der Waals surface area contributed by atoms with Crippen molar-refractivity contribution >= 4 is 34.4 Å². The quantitative estimate of drug-likeness (QED) is 0.300. The van der Waals surface area contributed by atoms with Crippen molar-refractivity contribution in [3.05, 3.63) is 53.4 Å². The third-order valence-electron chi connectivity index (χ3n) is 9.92. The van der Waals surface area contributed by atoms with Gasteiger partial charge in [0.1, 0.15) is 17.6 Å². The molecule has 3 unspecified atom stereocenters. The number of aromatic amines is 1. The zero-order valence-corrected chi connectivity index (χ0v) is 27.5. The third-order valence-corrected chi connectivity index (χ3v) is 9.92. The predicted octanol–water partition coefficient (Wildman–Crippen LogP) is 6.71. The lowest BCUT2D eigenvalue weighted by molar-refractivity contribution is -0.135. The first-order valence-corrected chi connectivity index (χ1v) is 16.7. The van der Waals surface area contributed by atoms with Crippen molar-refractivity contribution in [3.63, 3.8) is 0 Å². The molecule has 2 aromatic carbocycles. The highest BCUT2D eigenvalue weighted by molar-refractivity contribution is 5.86. The smallest absolute Gasteiger partial charge is 0.407 e. The summed E-state index contributed by atoms with van der Waals surface area (Å²) in [5.41, 5.74) is 3.34. The van der Waals surface area contributed by atoms with Gasteiger partial charge in [-0.25, -0.2) is 18.6 Å². The van der Waals surface area contributed by atoms with Crippen LogP contribution in [-0.2, 0) is 9.53 Å². The summed E-state index contributed by atoms with van der Waals surface area (Å²) in [6.07, 6.45) is 3.82. The molecule has 3 fully saturated rings. The van der Waals surface area contributed by atoms with Gasteiger partial charge in [-0.3, -0.25) is 4.79 Å². The highest BCUT2D eigenvalue weighted by atomic mass is 19.1. The Bertz CT molecular complexity index is 1560. The van der Waals surface area contributed by atoms with Gasteiger partial charge in [-0.15, -0.1) is 0 Å².